The third-order valence-electron chi connectivity index (χ3n) is 1.89. The SMILES string of the molecule is O=C(NCCCS(=O)O)c1ccc(F)cc1. The van der Waals surface area contributed by atoms with Gasteiger partial charge in [0.25, 0.3) is 5.91 Å². The standard InChI is InChI=1S/C10H12FNO3S/c11-9-4-2-8(3-5-9)10(13)12-6-1-7-16(14)15/h2-5H,1,6-7H2,(H,12,13)(H,14,15). The van der Waals surface area contributed by atoms with E-state index >= 15 is 0 Å². The summed E-state index contributed by atoms with van der Waals surface area (Å²) < 4.78 is 31.3. The minimum absolute atomic E-state index is 0.129. The van der Waals surface area contributed by atoms with Crippen LogP contribution in [0.5, 0.6) is 0 Å². The Bertz CT molecular complexity index is 380. The maximum Gasteiger partial charge on any atom is 0.251 e. The maximum absolute atomic E-state index is 12.6. The van der Waals surface area contributed by atoms with Gasteiger partial charge in [0.1, 0.15) is 5.82 Å². The molecule has 6 heteroatoms. The molecular formula is C10H12FNO3S. The van der Waals surface area contributed by atoms with Crippen molar-refractivity contribution in [1.29, 1.82) is 0 Å². The van der Waals surface area contributed by atoms with E-state index in [1.54, 1.807) is 0 Å². The number of hydrogen-bond acceptors (Lipinski definition) is 2. The third-order valence-corrected chi connectivity index (χ3v) is 2.53. The fourth-order valence-corrected chi connectivity index (χ4v) is 1.49. The lowest BCUT2D eigenvalue weighted by molar-refractivity contribution is 0.0953. The molecule has 1 aromatic carbocycles. The first-order chi connectivity index (χ1) is 7.59. The van der Waals surface area contributed by atoms with Gasteiger partial charge in [0, 0.05) is 12.1 Å². The molecule has 0 radical (unpaired) electrons. The average Bonchev–Trinajstić information content (AvgIpc) is 2.25. The van der Waals surface area contributed by atoms with Gasteiger partial charge >= 0.3 is 0 Å². The lowest BCUT2D eigenvalue weighted by atomic mass is 10.2. The molecule has 0 aromatic heterocycles. The second-order valence-electron chi connectivity index (χ2n) is 3.14. The summed E-state index contributed by atoms with van der Waals surface area (Å²) in [5.41, 5.74) is 0.367. The Kier molecular flexibility index (Phi) is 5.07. The third kappa shape index (κ3) is 4.50. The Hall–Kier alpha value is -1.27. The lowest BCUT2D eigenvalue weighted by Crippen LogP contribution is -2.25. The normalized spacial score (nSPS) is 12.1. The van der Waals surface area contributed by atoms with Gasteiger partial charge in [0.15, 0.2) is 11.1 Å². The van der Waals surface area contributed by atoms with Crippen LogP contribution in [-0.2, 0) is 11.1 Å². The number of benzene rings is 1. The summed E-state index contributed by atoms with van der Waals surface area (Å²) in [5, 5.41) is 2.57. The van der Waals surface area contributed by atoms with Crippen molar-refractivity contribution in [1.82, 2.24) is 5.32 Å². The van der Waals surface area contributed by atoms with Crippen LogP contribution in [0.4, 0.5) is 4.39 Å². The van der Waals surface area contributed by atoms with Crippen LogP contribution in [0, 0.1) is 5.82 Å². The number of halogens is 1. The van der Waals surface area contributed by atoms with E-state index in [9.17, 15) is 13.4 Å². The highest BCUT2D eigenvalue weighted by Gasteiger charge is 2.04. The molecule has 2 N–H and O–H groups in total. The zero-order valence-electron chi connectivity index (χ0n) is 8.48. The van der Waals surface area contributed by atoms with Crippen molar-refractivity contribution in [3.63, 3.8) is 0 Å². The van der Waals surface area contributed by atoms with Crippen LogP contribution in [0.2, 0.25) is 0 Å². The first kappa shape index (κ1) is 12.8. The smallest absolute Gasteiger partial charge is 0.251 e. The molecule has 0 aliphatic rings. The highest BCUT2D eigenvalue weighted by atomic mass is 32.2. The van der Waals surface area contributed by atoms with E-state index in [-0.39, 0.29) is 11.7 Å². The van der Waals surface area contributed by atoms with Gasteiger partial charge in [-0.25, -0.2) is 8.60 Å². The van der Waals surface area contributed by atoms with Gasteiger partial charge in [0.05, 0.1) is 5.75 Å². The van der Waals surface area contributed by atoms with Gasteiger partial charge in [0.2, 0.25) is 0 Å². The van der Waals surface area contributed by atoms with Crippen LogP contribution >= 0.6 is 0 Å². The number of nitrogens with one attached hydrogen (secondary N) is 1. The van der Waals surface area contributed by atoms with Crippen molar-refractivity contribution in [3.8, 4) is 0 Å². The van der Waals surface area contributed by atoms with Crippen LogP contribution in [0.1, 0.15) is 16.8 Å². The van der Waals surface area contributed by atoms with Crippen molar-refractivity contribution in [2.75, 3.05) is 12.3 Å². The van der Waals surface area contributed by atoms with Crippen LogP contribution in [0.25, 0.3) is 0 Å². The number of carbonyl (C=O) groups is 1. The Labute approximate surface area is 95.1 Å². The Morgan fingerprint density at radius 1 is 1.38 bits per heavy atom. The van der Waals surface area contributed by atoms with Gasteiger partial charge in [-0.05, 0) is 30.7 Å². The summed E-state index contributed by atoms with van der Waals surface area (Å²) in [7, 11) is 0. The fraction of sp³-hybridized carbons (Fsp3) is 0.300. The van der Waals surface area contributed by atoms with Gasteiger partial charge in [-0.15, -0.1) is 0 Å². The summed E-state index contributed by atoms with van der Waals surface area (Å²) in [6.45, 7) is 0.322. The topological polar surface area (TPSA) is 66.4 Å². The van der Waals surface area contributed by atoms with E-state index < -0.39 is 16.9 Å². The maximum atomic E-state index is 12.6. The van der Waals surface area contributed by atoms with Crippen LogP contribution in [0.3, 0.4) is 0 Å². The van der Waals surface area contributed by atoms with Crippen molar-refractivity contribution in [2.45, 2.75) is 6.42 Å². The molecule has 1 unspecified atom stereocenters. The van der Waals surface area contributed by atoms with E-state index in [1.807, 2.05) is 0 Å². The summed E-state index contributed by atoms with van der Waals surface area (Å²) in [6.07, 6.45) is 0.427. The van der Waals surface area contributed by atoms with Crippen molar-refractivity contribution >= 4 is 17.0 Å². The van der Waals surface area contributed by atoms with Crippen molar-refractivity contribution < 1.29 is 17.9 Å². The predicted molar refractivity (Wildman–Crippen MR) is 59.0 cm³/mol. The largest absolute Gasteiger partial charge is 0.352 e. The van der Waals surface area contributed by atoms with E-state index in [1.165, 1.54) is 24.3 Å². The molecule has 0 spiro atoms. The molecule has 0 saturated carbocycles. The number of amides is 1. The molecule has 0 fully saturated rings. The van der Waals surface area contributed by atoms with Gasteiger partial charge in [-0.2, -0.15) is 0 Å². The van der Waals surface area contributed by atoms with Gasteiger partial charge in [-0.1, -0.05) is 0 Å². The lowest BCUT2D eigenvalue weighted by Gasteiger charge is -2.03. The summed E-state index contributed by atoms with van der Waals surface area (Å²) in [6, 6.07) is 5.18. The number of rotatable bonds is 5. The highest BCUT2D eigenvalue weighted by molar-refractivity contribution is 7.79. The van der Waals surface area contributed by atoms with Crippen molar-refractivity contribution in [2.24, 2.45) is 0 Å². The van der Waals surface area contributed by atoms with Crippen LogP contribution < -0.4 is 5.32 Å². The number of carbonyl (C=O) groups excluding carboxylic acids is 1. The Morgan fingerprint density at radius 2 is 2.00 bits per heavy atom. The molecule has 88 valence electrons. The highest BCUT2D eigenvalue weighted by Crippen LogP contribution is 2.02. The molecule has 0 bridgehead atoms. The molecule has 0 aliphatic heterocycles. The van der Waals surface area contributed by atoms with Crippen LogP contribution in [-0.4, -0.2) is 27.0 Å². The zero-order valence-corrected chi connectivity index (χ0v) is 9.30. The second kappa shape index (κ2) is 6.34. The van der Waals surface area contributed by atoms with E-state index in [4.69, 9.17) is 4.55 Å². The zero-order chi connectivity index (χ0) is 12.0. The molecule has 0 heterocycles. The summed E-state index contributed by atoms with van der Waals surface area (Å²) >= 11 is -1.83. The first-order valence-electron chi connectivity index (χ1n) is 4.71. The molecule has 1 aromatic rings. The minimum Gasteiger partial charge on any atom is -0.352 e. The van der Waals surface area contributed by atoms with E-state index in [0.29, 0.717) is 18.5 Å². The molecule has 1 amide bonds. The predicted octanol–water partition coefficient (Wildman–Crippen LogP) is 1.17. The average molecular weight is 245 g/mol. The monoisotopic (exact) mass is 245 g/mol. The first-order valence-corrected chi connectivity index (χ1v) is 5.98. The molecular weight excluding hydrogens is 233 g/mol. The summed E-state index contributed by atoms with van der Waals surface area (Å²) in [5.74, 6) is -0.583. The summed E-state index contributed by atoms with van der Waals surface area (Å²) in [4.78, 5) is 11.4. The second-order valence-corrected chi connectivity index (χ2v) is 4.19. The number of hydrogen-bond donors (Lipinski definition) is 2. The van der Waals surface area contributed by atoms with E-state index in [2.05, 4.69) is 5.32 Å². The molecule has 0 saturated heterocycles. The Morgan fingerprint density at radius 3 is 2.56 bits per heavy atom. The van der Waals surface area contributed by atoms with Crippen LogP contribution in [0.15, 0.2) is 24.3 Å². The van der Waals surface area contributed by atoms with Gasteiger partial charge in [-0.3, -0.25) is 4.79 Å². The molecule has 0 aliphatic carbocycles. The molecule has 1 rings (SSSR count). The quantitative estimate of drug-likeness (QED) is 0.604. The van der Waals surface area contributed by atoms with Gasteiger partial charge < -0.3 is 9.87 Å². The van der Waals surface area contributed by atoms with Crippen molar-refractivity contribution in [3.05, 3.63) is 35.6 Å². The van der Waals surface area contributed by atoms with E-state index in [0.717, 1.165) is 0 Å². The molecule has 1 atom stereocenters. The fourth-order valence-electron chi connectivity index (χ4n) is 1.10. The molecule has 16 heavy (non-hydrogen) atoms. The molecule has 4 nitrogen and oxygen atoms in total. The Balaban J connectivity index is 2.35. The minimum atomic E-state index is -1.83.